The summed E-state index contributed by atoms with van der Waals surface area (Å²) in [5, 5.41) is 8.55. The quantitative estimate of drug-likeness (QED) is 0.695. The number of aryl methyl sites for hydroxylation is 2. The van der Waals surface area contributed by atoms with Crippen LogP contribution in [0.4, 0.5) is 0 Å². The van der Waals surface area contributed by atoms with E-state index in [2.05, 4.69) is 39.0 Å². The van der Waals surface area contributed by atoms with Gasteiger partial charge in [-0.25, -0.2) is 0 Å². The molecule has 0 heterocycles. The van der Waals surface area contributed by atoms with E-state index in [-0.39, 0.29) is 0 Å². The summed E-state index contributed by atoms with van der Waals surface area (Å²) in [4.78, 5) is 0. The van der Waals surface area contributed by atoms with Crippen molar-refractivity contribution >= 4 is 0 Å². The first-order valence-corrected chi connectivity index (χ1v) is 6.29. The standard InChI is InChI=1S/C15H21NO/c1-4-9-17-14-10-12(2)15(13(3)11-14)7-5-6-8-16/h10-11H,4-7,9H2,1-3H3. The van der Waals surface area contributed by atoms with Crippen LogP contribution in [-0.2, 0) is 6.42 Å². The predicted octanol–water partition coefficient (Wildman–Crippen LogP) is 3.94. The van der Waals surface area contributed by atoms with Crippen molar-refractivity contribution in [3.8, 4) is 11.8 Å². The van der Waals surface area contributed by atoms with Crippen LogP contribution in [0.3, 0.4) is 0 Å². The Morgan fingerprint density at radius 3 is 2.41 bits per heavy atom. The molecular weight excluding hydrogens is 210 g/mol. The SMILES string of the molecule is CCCOc1cc(C)c(CCCC#N)c(C)c1. The van der Waals surface area contributed by atoms with Gasteiger partial charge in [0.2, 0.25) is 0 Å². The second-order valence-electron chi connectivity index (χ2n) is 4.40. The van der Waals surface area contributed by atoms with Gasteiger partial charge in [-0.1, -0.05) is 6.92 Å². The van der Waals surface area contributed by atoms with E-state index in [0.717, 1.165) is 31.6 Å². The van der Waals surface area contributed by atoms with Gasteiger partial charge in [0, 0.05) is 6.42 Å². The Kier molecular flexibility index (Phi) is 5.56. The lowest BCUT2D eigenvalue weighted by molar-refractivity contribution is 0.317. The molecule has 17 heavy (non-hydrogen) atoms. The highest BCUT2D eigenvalue weighted by atomic mass is 16.5. The van der Waals surface area contributed by atoms with Crippen molar-refractivity contribution in [3.05, 3.63) is 28.8 Å². The van der Waals surface area contributed by atoms with Crippen molar-refractivity contribution in [1.29, 1.82) is 5.26 Å². The molecule has 0 saturated carbocycles. The zero-order valence-electron chi connectivity index (χ0n) is 11.0. The van der Waals surface area contributed by atoms with Crippen molar-refractivity contribution in [2.75, 3.05) is 6.61 Å². The van der Waals surface area contributed by atoms with E-state index in [4.69, 9.17) is 10.00 Å². The minimum absolute atomic E-state index is 0.632. The molecule has 92 valence electrons. The number of ether oxygens (including phenoxy) is 1. The van der Waals surface area contributed by atoms with E-state index in [1.165, 1.54) is 16.7 Å². The summed E-state index contributed by atoms with van der Waals surface area (Å²) in [6.45, 7) is 7.11. The van der Waals surface area contributed by atoms with Gasteiger partial charge in [0.05, 0.1) is 12.7 Å². The molecule has 0 aliphatic carbocycles. The van der Waals surface area contributed by atoms with Gasteiger partial charge in [-0.2, -0.15) is 5.26 Å². The van der Waals surface area contributed by atoms with E-state index in [9.17, 15) is 0 Å². The van der Waals surface area contributed by atoms with Crippen molar-refractivity contribution in [1.82, 2.24) is 0 Å². The first-order valence-electron chi connectivity index (χ1n) is 6.29. The number of unbranched alkanes of at least 4 members (excludes halogenated alkanes) is 1. The van der Waals surface area contributed by atoms with Gasteiger partial charge in [-0.3, -0.25) is 0 Å². The van der Waals surface area contributed by atoms with Gasteiger partial charge in [0.15, 0.2) is 0 Å². The Morgan fingerprint density at radius 2 is 1.88 bits per heavy atom. The van der Waals surface area contributed by atoms with Gasteiger partial charge in [-0.05, 0) is 61.9 Å². The van der Waals surface area contributed by atoms with Crippen LogP contribution < -0.4 is 4.74 Å². The van der Waals surface area contributed by atoms with Crippen molar-refractivity contribution in [3.63, 3.8) is 0 Å². The molecule has 0 amide bonds. The van der Waals surface area contributed by atoms with Crippen LogP contribution in [0.25, 0.3) is 0 Å². The van der Waals surface area contributed by atoms with E-state index < -0.39 is 0 Å². The van der Waals surface area contributed by atoms with Gasteiger partial charge < -0.3 is 4.74 Å². The smallest absolute Gasteiger partial charge is 0.119 e. The first-order chi connectivity index (χ1) is 8.19. The summed E-state index contributed by atoms with van der Waals surface area (Å²) in [6, 6.07) is 6.39. The summed E-state index contributed by atoms with van der Waals surface area (Å²) in [5.74, 6) is 0.964. The maximum atomic E-state index is 8.55. The zero-order valence-corrected chi connectivity index (χ0v) is 11.0. The molecule has 0 N–H and O–H groups in total. The molecule has 1 aromatic rings. The monoisotopic (exact) mass is 231 g/mol. The highest BCUT2D eigenvalue weighted by Gasteiger charge is 2.05. The molecule has 0 unspecified atom stereocenters. The molecule has 2 heteroatoms. The lowest BCUT2D eigenvalue weighted by Crippen LogP contribution is -1.99. The third-order valence-electron chi connectivity index (χ3n) is 2.86. The number of benzene rings is 1. The Bertz CT molecular complexity index is 381. The second kappa shape index (κ2) is 6.96. The highest BCUT2D eigenvalue weighted by molar-refractivity contribution is 5.41. The van der Waals surface area contributed by atoms with E-state index in [1.807, 2.05) is 0 Å². The van der Waals surface area contributed by atoms with Crippen LogP contribution in [-0.4, -0.2) is 6.61 Å². The number of hydrogen-bond donors (Lipinski definition) is 0. The highest BCUT2D eigenvalue weighted by Crippen LogP contribution is 2.23. The average Bonchev–Trinajstić information content (AvgIpc) is 2.30. The zero-order chi connectivity index (χ0) is 12.7. The molecule has 0 atom stereocenters. The number of nitriles is 1. The average molecular weight is 231 g/mol. The Morgan fingerprint density at radius 1 is 1.24 bits per heavy atom. The van der Waals surface area contributed by atoms with E-state index in [0.29, 0.717) is 6.42 Å². The maximum Gasteiger partial charge on any atom is 0.119 e. The summed E-state index contributed by atoms with van der Waals surface area (Å²) in [7, 11) is 0. The van der Waals surface area contributed by atoms with E-state index in [1.54, 1.807) is 0 Å². The van der Waals surface area contributed by atoms with Gasteiger partial charge >= 0.3 is 0 Å². The molecule has 0 bridgehead atoms. The predicted molar refractivity (Wildman–Crippen MR) is 70.3 cm³/mol. The third-order valence-corrected chi connectivity index (χ3v) is 2.86. The van der Waals surface area contributed by atoms with Gasteiger partial charge in [0.25, 0.3) is 0 Å². The third kappa shape index (κ3) is 4.11. The molecule has 0 saturated heterocycles. The summed E-state index contributed by atoms with van der Waals surface area (Å²) in [6.07, 6.45) is 3.58. The Labute approximate surface area is 104 Å². The summed E-state index contributed by atoms with van der Waals surface area (Å²) in [5.41, 5.74) is 3.91. The number of nitrogens with zero attached hydrogens (tertiary/aromatic N) is 1. The fourth-order valence-electron chi connectivity index (χ4n) is 2.00. The summed E-state index contributed by atoms with van der Waals surface area (Å²) >= 11 is 0. The lowest BCUT2D eigenvalue weighted by Gasteiger charge is -2.12. The minimum Gasteiger partial charge on any atom is -0.494 e. The molecule has 1 aromatic carbocycles. The van der Waals surface area contributed by atoms with Gasteiger partial charge in [0.1, 0.15) is 5.75 Å². The number of hydrogen-bond acceptors (Lipinski definition) is 2. The molecule has 1 rings (SSSR count). The van der Waals surface area contributed by atoms with Gasteiger partial charge in [-0.15, -0.1) is 0 Å². The van der Waals surface area contributed by atoms with Crippen LogP contribution in [0.15, 0.2) is 12.1 Å². The van der Waals surface area contributed by atoms with Crippen molar-refractivity contribution < 1.29 is 4.74 Å². The minimum atomic E-state index is 0.632. The Hall–Kier alpha value is -1.49. The molecule has 0 radical (unpaired) electrons. The van der Waals surface area contributed by atoms with E-state index >= 15 is 0 Å². The fraction of sp³-hybridized carbons (Fsp3) is 0.533. The molecule has 0 aliphatic heterocycles. The maximum absolute atomic E-state index is 8.55. The Balaban J connectivity index is 2.76. The number of rotatable bonds is 6. The molecule has 2 nitrogen and oxygen atoms in total. The summed E-state index contributed by atoms with van der Waals surface area (Å²) < 4.78 is 5.65. The largest absolute Gasteiger partial charge is 0.494 e. The van der Waals surface area contributed by atoms with Crippen molar-refractivity contribution in [2.24, 2.45) is 0 Å². The molecule has 0 aromatic heterocycles. The first kappa shape index (κ1) is 13.6. The molecule has 0 aliphatic rings. The van der Waals surface area contributed by atoms with Crippen LogP contribution >= 0.6 is 0 Å². The normalized spacial score (nSPS) is 10.0. The molecule has 0 fully saturated rings. The van der Waals surface area contributed by atoms with Crippen LogP contribution in [0.5, 0.6) is 5.75 Å². The molecular formula is C15H21NO. The fourth-order valence-corrected chi connectivity index (χ4v) is 2.00. The molecule has 0 spiro atoms. The van der Waals surface area contributed by atoms with Crippen LogP contribution in [0.2, 0.25) is 0 Å². The van der Waals surface area contributed by atoms with Crippen LogP contribution in [0.1, 0.15) is 42.9 Å². The second-order valence-corrected chi connectivity index (χ2v) is 4.40. The van der Waals surface area contributed by atoms with Crippen molar-refractivity contribution in [2.45, 2.75) is 46.5 Å². The topological polar surface area (TPSA) is 33.0 Å². The lowest BCUT2D eigenvalue weighted by atomic mass is 9.97. The van der Waals surface area contributed by atoms with Crippen LogP contribution in [0, 0.1) is 25.2 Å².